The number of methoxy groups -OCH3 is 4. The van der Waals surface area contributed by atoms with E-state index in [1.165, 1.54) is 0 Å². The average molecular weight is 624 g/mol. The Morgan fingerprint density at radius 1 is 0.844 bits per heavy atom. The smallest absolute Gasteiger partial charge is 0.254 e. The second-order valence-electron chi connectivity index (χ2n) is 13.2. The molecule has 2 aromatic carbocycles. The Morgan fingerprint density at radius 2 is 1.44 bits per heavy atom. The van der Waals surface area contributed by atoms with E-state index < -0.39 is 5.41 Å². The van der Waals surface area contributed by atoms with Gasteiger partial charge in [-0.05, 0) is 101 Å². The number of carbonyl (C=O) groups excluding carboxylic acids is 1. The van der Waals surface area contributed by atoms with Crippen LogP contribution in [-0.4, -0.2) is 76.4 Å². The van der Waals surface area contributed by atoms with Gasteiger partial charge in [-0.25, -0.2) is 0 Å². The molecule has 0 fully saturated rings. The van der Waals surface area contributed by atoms with Gasteiger partial charge in [-0.15, -0.1) is 0 Å². The van der Waals surface area contributed by atoms with Crippen LogP contribution in [0.1, 0.15) is 95.1 Å². The van der Waals surface area contributed by atoms with Crippen LogP contribution in [0.2, 0.25) is 0 Å². The van der Waals surface area contributed by atoms with Crippen molar-refractivity contribution in [1.29, 1.82) is 5.26 Å². The summed E-state index contributed by atoms with van der Waals surface area (Å²) < 4.78 is 22.2. The number of nitriles is 1. The molecule has 1 unspecified atom stereocenters. The van der Waals surface area contributed by atoms with Gasteiger partial charge in [0.1, 0.15) is 0 Å². The lowest BCUT2D eigenvalue weighted by Crippen LogP contribution is -2.46. The van der Waals surface area contributed by atoms with Gasteiger partial charge >= 0.3 is 0 Å². The maximum absolute atomic E-state index is 14.1. The minimum Gasteiger partial charge on any atom is -0.493 e. The Balaban J connectivity index is 2.26. The Morgan fingerprint density at radius 3 is 1.98 bits per heavy atom. The summed E-state index contributed by atoms with van der Waals surface area (Å²) in [5.41, 5.74) is 1.56. The summed E-state index contributed by atoms with van der Waals surface area (Å²) in [5, 5.41) is 10.5. The van der Waals surface area contributed by atoms with Crippen molar-refractivity contribution in [2.24, 2.45) is 5.92 Å². The van der Waals surface area contributed by atoms with Crippen LogP contribution < -0.4 is 18.9 Å². The molecule has 1 amide bonds. The molecule has 0 saturated carbocycles. The first kappa shape index (κ1) is 37.7. The van der Waals surface area contributed by atoms with Gasteiger partial charge in [-0.1, -0.05) is 39.7 Å². The van der Waals surface area contributed by atoms with Crippen LogP contribution in [-0.2, 0) is 11.8 Å². The molecule has 45 heavy (non-hydrogen) atoms. The van der Waals surface area contributed by atoms with E-state index in [0.29, 0.717) is 47.9 Å². The number of hydrogen-bond donors (Lipinski definition) is 0. The summed E-state index contributed by atoms with van der Waals surface area (Å²) in [6.07, 6.45) is 5.37. The fraction of sp³-hybridized carbons (Fsp3) is 0.622. The van der Waals surface area contributed by atoms with Crippen LogP contribution in [0.25, 0.3) is 0 Å². The molecule has 0 aliphatic rings. The molecule has 0 N–H and O–H groups in total. The van der Waals surface area contributed by atoms with Gasteiger partial charge in [0.15, 0.2) is 23.0 Å². The summed E-state index contributed by atoms with van der Waals surface area (Å²) >= 11 is 0. The largest absolute Gasteiger partial charge is 0.493 e. The van der Waals surface area contributed by atoms with Crippen molar-refractivity contribution in [2.45, 2.75) is 91.0 Å². The van der Waals surface area contributed by atoms with Crippen LogP contribution in [0.5, 0.6) is 23.0 Å². The van der Waals surface area contributed by atoms with Crippen LogP contribution in [0.3, 0.4) is 0 Å². The van der Waals surface area contributed by atoms with E-state index in [4.69, 9.17) is 18.9 Å². The molecular formula is C37H57N3O5. The molecule has 250 valence electrons. The van der Waals surface area contributed by atoms with Crippen molar-refractivity contribution < 1.29 is 23.7 Å². The first-order valence-corrected chi connectivity index (χ1v) is 16.2. The first-order valence-electron chi connectivity index (χ1n) is 16.2. The van der Waals surface area contributed by atoms with Crippen LogP contribution in [0.15, 0.2) is 30.3 Å². The number of amides is 1. The third-order valence-electron chi connectivity index (χ3n) is 8.84. The molecule has 8 nitrogen and oxygen atoms in total. The van der Waals surface area contributed by atoms with Gasteiger partial charge in [-0.3, -0.25) is 4.79 Å². The van der Waals surface area contributed by atoms with Crippen LogP contribution in [0, 0.1) is 17.2 Å². The van der Waals surface area contributed by atoms with Crippen molar-refractivity contribution in [3.63, 3.8) is 0 Å². The van der Waals surface area contributed by atoms with Crippen molar-refractivity contribution in [3.05, 3.63) is 47.0 Å². The molecule has 2 rings (SSSR count). The van der Waals surface area contributed by atoms with E-state index in [1.807, 2.05) is 35.2 Å². The second-order valence-corrected chi connectivity index (χ2v) is 13.2. The average Bonchev–Trinajstić information content (AvgIpc) is 3.02. The van der Waals surface area contributed by atoms with E-state index in [1.54, 1.807) is 28.4 Å². The zero-order valence-corrected chi connectivity index (χ0v) is 29.7. The Bertz CT molecular complexity index is 1280. The fourth-order valence-electron chi connectivity index (χ4n) is 5.91. The number of carbonyl (C=O) groups is 1. The highest BCUT2D eigenvalue weighted by Crippen LogP contribution is 2.40. The normalized spacial score (nSPS) is 12.9. The molecular weight excluding hydrogens is 566 g/mol. The summed E-state index contributed by atoms with van der Waals surface area (Å²) in [5.74, 6) is 2.57. The van der Waals surface area contributed by atoms with Gasteiger partial charge in [0.25, 0.3) is 5.91 Å². The van der Waals surface area contributed by atoms with Crippen LogP contribution >= 0.6 is 0 Å². The molecule has 0 heterocycles. The Labute approximate surface area is 272 Å². The monoisotopic (exact) mass is 623 g/mol. The SMILES string of the molecule is CCCCCN(C(=O)c1cc(OC)c(OC)cc1CCN(C)CCCC(C#N)(c1ccc(OC)c(OC)c1)C(C)C)C(C)(C)C. The minimum absolute atomic E-state index is 0.0165. The molecule has 2 aromatic rings. The summed E-state index contributed by atoms with van der Waals surface area (Å²) in [7, 11) is 8.54. The number of hydrogen-bond acceptors (Lipinski definition) is 7. The molecule has 0 aliphatic heterocycles. The quantitative estimate of drug-likeness (QED) is 0.159. The van der Waals surface area contributed by atoms with E-state index in [0.717, 1.165) is 49.9 Å². The Hall–Kier alpha value is -3.44. The fourth-order valence-corrected chi connectivity index (χ4v) is 5.91. The maximum Gasteiger partial charge on any atom is 0.254 e. The molecule has 0 spiro atoms. The Kier molecular flexibility index (Phi) is 14.5. The summed E-state index contributed by atoms with van der Waals surface area (Å²) in [4.78, 5) is 18.3. The van der Waals surface area contributed by atoms with Gasteiger partial charge < -0.3 is 28.7 Å². The number of nitrogens with zero attached hydrogens (tertiary/aromatic N) is 3. The van der Waals surface area contributed by atoms with E-state index in [9.17, 15) is 10.1 Å². The molecule has 0 saturated heterocycles. The lowest BCUT2D eigenvalue weighted by Gasteiger charge is -2.36. The number of ether oxygens (including phenoxy) is 4. The van der Waals surface area contributed by atoms with Crippen LogP contribution in [0.4, 0.5) is 0 Å². The first-order chi connectivity index (χ1) is 21.3. The van der Waals surface area contributed by atoms with E-state index in [2.05, 4.69) is 59.6 Å². The predicted molar refractivity (Wildman–Crippen MR) is 182 cm³/mol. The predicted octanol–water partition coefficient (Wildman–Crippen LogP) is 7.52. The van der Waals surface area contributed by atoms with Gasteiger partial charge in [0, 0.05) is 24.2 Å². The van der Waals surface area contributed by atoms with Gasteiger partial charge in [0.2, 0.25) is 0 Å². The molecule has 8 heteroatoms. The van der Waals surface area contributed by atoms with Crippen molar-refractivity contribution in [3.8, 4) is 29.1 Å². The highest BCUT2D eigenvalue weighted by atomic mass is 16.5. The molecule has 0 bridgehead atoms. The van der Waals surface area contributed by atoms with Gasteiger partial charge in [-0.2, -0.15) is 5.26 Å². The maximum atomic E-state index is 14.1. The van der Waals surface area contributed by atoms with E-state index in [-0.39, 0.29) is 17.4 Å². The standard InChI is InChI=1S/C37H57N3O5/c1-12-13-14-21-40(36(4,5)6)35(41)30-25-34(45-11)32(43-9)23-28(30)18-22-39(7)20-15-19-37(26-38,27(2)3)29-16-17-31(42-8)33(24-29)44-10/h16-17,23-25,27H,12-15,18-22H2,1-11H3. The molecule has 1 atom stereocenters. The number of unbranched alkanes of at least 4 members (excludes halogenated alkanes) is 2. The third kappa shape index (κ3) is 9.53. The molecule has 0 aliphatic carbocycles. The van der Waals surface area contributed by atoms with Crippen molar-refractivity contribution >= 4 is 5.91 Å². The highest BCUT2D eigenvalue weighted by Gasteiger charge is 2.36. The zero-order chi connectivity index (χ0) is 33.8. The lowest BCUT2D eigenvalue weighted by molar-refractivity contribution is 0.0575. The molecule has 0 aromatic heterocycles. The second kappa shape index (κ2) is 17.3. The van der Waals surface area contributed by atoms with Gasteiger partial charge in [0.05, 0.1) is 39.9 Å². The topological polar surface area (TPSA) is 84.3 Å². The summed E-state index contributed by atoms with van der Waals surface area (Å²) in [6.45, 7) is 14.9. The number of rotatable bonds is 18. The highest BCUT2D eigenvalue weighted by molar-refractivity contribution is 5.97. The number of benzene rings is 2. The van der Waals surface area contributed by atoms with Crippen molar-refractivity contribution in [1.82, 2.24) is 9.80 Å². The van der Waals surface area contributed by atoms with E-state index >= 15 is 0 Å². The zero-order valence-electron chi connectivity index (χ0n) is 29.7. The van der Waals surface area contributed by atoms with Crippen molar-refractivity contribution in [2.75, 3.05) is 55.1 Å². The summed E-state index contributed by atoms with van der Waals surface area (Å²) in [6, 6.07) is 12.2. The minimum atomic E-state index is -0.655. The lowest BCUT2D eigenvalue weighted by atomic mass is 9.69. The third-order valence-corrected chi connectivity index (χ3v) is 8.84. The molecule has 0 radical (unpaired) electrons. The number of likely N-dealkylation sites (N-methyl/N-ethyl adjacent to an activating group) is 1.